The first-order valence-electron chi connectivity index (χ1n) is 14.5. The smallest absolute Gasteiger partial charge is 0.326 e. The van der Waals surface area contributed by atoms with Crippen LogP contribution >= 0.6 is 0 Å². The molecule has 0 aromatic heterocycles. The fourth-order valence-corrected chi connectivity index (χ4v) is 8.46. The molecule has 4 rings (SSSR count). The summed E-state index contributed by atoms with van der Waals surface area (Å²) in [6, 6.07) is -1.07. The van der Waals surface area contributed by atoms with Gasteiger partial charge in [-0.1, -0.05) is 33.3 Å². The maximum Gasteiger partial charge on any atom is 0.326 e. The maximum atomic E-state index is 13.4. The number of aliphatic carboxylic acids is 1. The van der Waals surface area contributed by atoms with Gasteiger partial charge in [0.1, 0.15) is 11.6 Å². The number of aliphatic hydroxyl groups is 2. The highest BCUT2D eigenvalue weighted by atomic mass is 16.5. The minimum Gasteiger partial charge on any atom is -0.480 e. The van der Waals surface area contributed by atoms with Crippen molar-refractivity contribution in [3.05, 3.63) is 11.6 Å². The van der Waals surface area contributed by atoms with E-state index in [-0.39, 0.29) is 60.6 Å². The number of hydrogen-bond acceptors (Lipinski definition) is 8. The number of aliphatic hydroxyl groups excluding tert-OH is 1. The molecular formula is C30H43NO9. The predicted octanol–water partition coefficient (Wildman–Crippen LogP) is 2.34. The van der Waals surface area contributed by atoms with Crippen LogP contribution in [0, 0.1) is 34.5 Å². The van der Waals surface area contributed by atoms with E-state index in [0.29, 0.717) is 19.3 Å². The number of carboxylic acid groups (broad SMARTS) is 1. The Hall–Kier alpha value is -2.59. The number of fused-ring (bicyclic) bond motifs is 5. The van der Waals surface area contributed by atoms with Crippen molar-refractivity contribution in [3.8, 4) is 0 Å². The first-order valence-corrected chi connectivity index (χ1v) is 14.5. The van der Waals surface area contributed by atoms with Crippen LogP contribution in [0.15, 0.2) is 11.6 Å². The van der Waals surface area contributed by atoms with E-state index in [1.54, 1.807) is 19.9 Å². The molecule has 8 atom stereocenters. The zero-order valence-electron chi connectivity index (χ0n) is 23.9. The van der Waals surface area contributed by atoms with E-state index in [2.05, 4.69) is 12.2 Å². The second-order valence-electron chi connectivity index (χ2n) is 13.2. The molecule has 4 N–H and O–H groups in total. The fraction of sp³-hybridized carbons (Fsp3) is 0.767. The lowest BCUT2D eigenvalue weighted by Crippen LogP contribution is -2.62. The summed E-state index contributed by atoms with van der Waals surface area (Å²) >= 11 is 0. The Morgan fingerprint density at radius 1 is 1.10 bits per heavy atom. The molecule has 0 aliphatic heterocycles. The zero-order valence-corrected chi connectivity index (χ0v) is 23.9. The Morgan fingerprint density at radius 3 is 2.45 bits per heavy atom. The average Bonchev–Trinajstić information content (AvgIpc) is 3.15. The number of allylic oxidation sites excluding steroid dienone is 1. The minimum absolute atomic E-state index is 0.00777. The molecule has 0 aromatic rings. The Bertz CT molecular complexity index is 1110. The van der Waals surface area contributed by atoms with E-state index in [1.165, 1.54) is 0 Å². The minimum atomic E-state index is -1.76. The molecule has 10 heteroatoms. The number of nitrogens with one attached hydrogen (secondary N) is 1. The maximum absolute atomic E-state index is 13.4. The summed E-state index contributed by atoms with van der Waals surface area (Å²) in [4.78, 5) is 61.1. The van der Waals surface area contributed by atoms with Crippen molar-refractivity contribution in [2.45, 2.75) is 103 Å². The highest BCUT2D eigenvalue weighted by Crippen LogP contribution is 2.67. The predicted molar refractivity (Wildman–Crippen MR) is 143 cm³/mol. The number of ether oxygens (including phenoxy) is 1. The molecule has 0 radical (unpaired) electrons. The van der Waals surface area contributed by atoms with E-state index < -0.39 is 53.4 Å². The summed E-state index contributed by atoms with van der Waals surface area (Å²) in [5, 5.41) is 34.8. The van der Waals surface area contributed by atoms with E-state index in [4.69, 9.17) is 4.74 Å². The van der Waals surface area contributed by atoms with Crippen LogP contribution in [0.4, 0.5) is 0 Å². The summed E-state index contributed by atoms with van der Waals surface area (Å²) in [6.45, 7) is 6.68. The Kier molecular flexibility index (Phi) is 8.36. The van der Waals surface area contributed by atoms with Crippen LogP contribution in [0.3, 0.4) is 0 Å². The van der Waals surface area contributed by atoms with Crippen LogP contribution in [0.1, 0.15) is 85.5 Å². The normalized spacial score (nSPS) is 37.5. The molecule has 3 saturated carbocycles. The van der Waals surface area contributed by atoms with Gasteiger partial charge in [0.2, 0.25) is 11.7 Å². The quantitative estimate of drug-likeness (QED) is 0.309. The summed E-state index contributed by atoms with van der Waals surface area (Å²) in [5.41, 5.74) is -1.81. The highest BCUT2D eigenvalue weighted by molar-refractivity contribution is 5.92. The van der Waals surface area contributed by atoms with E-state index in [9.17, 15) is 39.3 Å². The molecule has 0 bridgehead atoms. The third kappa shape index (κ3) is 5.13. The Balaban J connectivity index is 1.38. The van der Waals surface area contributed by atoms with Gasteiger partial charge in [-0.25, -0.2) is 4.79 Å². The van der Waals surface area contributed by atoms with Crippen LogP contribution < -0.4 is 5.32 Å². The number of rotatable bonds is 9. The molecule has 4 aliphatic rings. The van der Waals surface area contributed by atoms with Gasteiger partial charge in [0.15, 0.2) is 12.4 Å². The van der Waals surface area contributed by atoms with Crippen molar-refractivity contribution in [1.82, 2.24) is 5.32 Å². The van der Waals surface area contributed by atoms with E-state index >= 15 is 0 Å². The van der Waals surface area contributed by atoms with Gasteiger partial charge in [0.25, 0.3) is 0 Å². The standard InChI is InChI=1S/C30H43NO9/c1-16(2)26(27(37)38)31-23(35)7-8-24(36)40-15-22(34)30(39)12-10-20-19-6-5-17-13-18(32)9-11-28(17,3)25(19)21(33)14-29(20,30)4/h13,16,19-21,25-26,33,39H,5-12,14-15H2,1-4H3,(H,31,35)(H,37,38)/t19-,20-,21-,25+,26-,28-,29-,30-/m0/s1. The van der Waals surface area contributed by atoms with Gasteiger partial charge in [0.05, 0.1) is 12.5 Å². The van der Waals surface area contributed by atoms with Crippen LogP contribution in [0.5, 0.6) is 0 Å². The second kappa shape index (κ2) is 11.0. The van der Waals surface area contributed by atoms with Gasteiger partial charge in [-0.3, -0.25) is 19.2 Å². The van der Waals surface area contributed by atoms with Gasteiger partial charge in [-0.2, -0.15) is 0 Å². The number of carboxylic acids is 1. The van der Waals surface area contributed by atoms with Crippen LogP contribution in [-0.2, 0) is 28.7 Å². The molecule has 0 unspecified atom stereocenters. The molecule has 0 heterocycles. The molecule has 0 aromatic carbocycles. The molecule has 3 fully saturated rings. The van der Waals surface area contributed by atoms with Crippen molar-refractivity contribution in [1.29, 1.82) is 0 Å². The van der Waals surface area contributed by atoms with Crippen molar-refractivity contribution >= 4 is 29.4 Å². The SMILES string of the molecule is CC(C)[C@H](NC(=O)CCC(=O)OCC(=O)[C@@]1(O)CC[C@H]2[C@@H]3CCC4=CC(=O)CC[C@]4(C)[C@H]3[C@@H](O)C[C@@]21C)C(=O)O. The third-order valence-electron chi connectivity index (χ3n) is 10.7. The molecule has 0 saturated heterocycles. The summed E-state index contributed by atoms with van der Waals surface area (Å²) in [7, 11) is 0. The first kappa shape index (κ1) is 30.4. The van der Waals surface area contributed by atoms with Gasteiger partial charge < -0.3 is 25.4 Å². The fourth-order valence-electron chi connectivity index (χ4n) is 8.46. The van der Waals surface area contributed by atoms with Gasteiger partial charge in [-0.15, -0.1) is 0 Å². The van der Waals surface area contributed by atoms with E-state index in [0.717, 1.165) is 18.4 Å². The number of ketones is 2. The lowest BCUT2D eigenvalue weighted by molar-refractivity contribution is -0.184. The molecule has 10 nitrogen and oxygen atoms in total. The lowest BCUT2D eigenvalue weighted by Gasteiger charge is -2.60. The Labute approximate surface area is 234 Å². The van der Waals surface area contributed by atoms with E-state index in [1.807, 2.05) is 6.92 Å². The molecule has 1 amide bonds. The zero-order chi connectivity index (χ0) is 29.6. The highest BCUT2D eigenvalue weighted by Gasteiger charge is 2.68. The van der Waals surface area contributed by atoms with Crippen LogP contribution in [-0.4, -0.2) is 69.1 Å². The van der Waals surface area contributed by atoms with Crippen molar-refractivity contribution < 1.29 is 44.0 Å². The first-order chi connectivity index (χ1) is 18.6. The van der Waals surface area contributed by atoms with Gasteiger partial charge >= 0.3 is 11.9 Å². The molecule has 0 spiro atoms. The molecule has 222 valence electrons. The number of esters is 1. The average molecular weight is 562 g/mol. The molecule has 4 aliphatic carbocycles. The number of Topliss-reactive ketones (excluding diaryl/α,β-unsaturated/α-hetero) is 1. The summed E-state index contributed by atoms with van der Waals surface area (Å²) in [5.74, 6) is -3.31. The Morgan fingerprint density at radius 2 is 1.80 bits per heavy atom. The van der Waals surface area contributed by atoms with Crippen molar-refractivity contribution in [2.75, 3.05) is 6.61 Å². The van der Waals surface area contributed by atoms with Crippen LogP contribution in [0.25, 0.3) is 0 Å². The van der Waals surface area contributed by atoms with Crippen molar-refractivity contribution in [3.63, 3.8) is 0 Å². The topological polar surface area (TPSA) is 167 Å². The van der Waals surface area contributed by atoms with Gasteiger partial charge in [-0.05, 0) is 73.7 Å². The van der Waals surface area contributed by atoms with Crippen LogP contribution in [0.2, 0.25) is 0 Å². The molecular weight excluding hydrogens is 518 g/mol. The third-order valence-corrected chi connectivity index (χ3v) is 10.7. The van der Waals surface area contributed by atoms with Crippen molar-refractivity contribution in [2.24, 2.45) is 34.5 Å². The largest absolute Gasteiger partial charge is 0.480 e. The number of carbonyl (C=O) groups excluding carboxylic acids is 4. The lowest BCUT2D eigenvalue weighted by atomic mass is 9.45. The van der Waals surface area contributed by atoms with Gasteiger partial charge in [0, 0.05) is 18.3 Å². The summed E-state index contributed by atoms with van der Waals surface area (Å²) < 4.78 is 5.14. The monoisotopic (exact) mass is 561 g/mol. The number of amides is 1. The number of hydrogen-bond donors (Lipinski definition) is 4. The number of carbonyl (C=O) groups is 5. The summed E-state index contributed by atoms with van der Waals surface area (Å²) in [6.07, 6.45) is 4.20. The second-order valence-corrected chi connectivity index (χ2v) is 13.2. The molecule has 40 heavy (non-hydrogen) atoms.